The first-order valence-electron chi connectivity index (χ1n) is 11.9. The molecule has 1 atom stereocenters. The molecule has 0 aliphatic carbocycles. The Kier molecular flexibility index (Phi) is 6.34. The summed E-state index contributed by atoms with van der Waals surface area (Å²) in [5.41, 5.74) is 7.39. The Labute approximate surface area is 205 Å². The van der Waals surface area contributed by atoms with Crippen LogP contribution in [0.1, 0.15) is 34.0 Å². The largest absolute Gasteiger partial charge is 0.394 e. The number of hydrogen-bond donors (Lipinski definition) is 2. The van der Waals surface area contributed by atoms with Crippen molar-refractivity contribution in [2.24, 2.45) is 0 Å². The highest BCUT2D eigenvalue weighted by atomic mass is 16.3. The zero-order chi connectivity index (χ0) is 24.4. The molecule has 0 saturated heterocycles. The Morgan fingerprint density at radius 1 is 0.943 bits per heavy atom. The van der Waals surface area contributed by atoms with Crippen LogP contribution in [0, 0.1) is 13.8 Å². The van der Waals surface area contributed by atoms with Crippen molar-refractivity contribution in [2.45, 2.75) is 32.9 Å². The summed E-state index contributed by atoms with van der Waals surface area (Å²) in [5.74, 6) is -0.113. The number of carbonyl (C=O) groups excluding carboxylic acids is 1. The summed E-state index contributed by atoms with van der Waals surface area (Å²) in [5, 5.41) is 15.1. The van der Waals surface area contributed by atoms with Gasteiger partial charge in [0.05, 0.1) is 24.6 Å². The van der Waals surface area contributed by atoms with Gasteiger partial charge in [0.15, 0.2) is 0 Å². The van der Waals surface area contributed by atoms with Gasteiger partial charge in [0.25, 0.3) is 0 Å². The van der Waals surface area contributed by atoms with Gasteiger partial charge >= 0.3 is 0 Å². The summed E-state index contributed by atoms with van der Waals surface area (Å²) in [6.45, 7) is 4.74. The molecule has 0 radical (unpaired) electrons. The first kappa shape index (κ1) is 22.8. The molecule has 2 aromatic heterocycles. The minimum atomic E-state index is -0.405. The van der Waals surface area contributed by atoms with Crippen LogP contribution in [0.3, 0.4) is 0 Å². The number of amides is 1. The second-order valence-corrected chi connectivity index (χ2v) is 9.09. The summed E-state index contributed by atoms with van der Waals surface area (Å²) in [7, 11) is 0. The molecule has 2 N–H and O–H groups in total. The van der Waals surface area contributed by atoms with Crippen molar-refractivity contribution in [1.29, 1.82) is 0 Å². The SMILES string of the molecule is Cc1cc(C)c2c3ccccc3n(Cc3ccc(CC(=O)NC(CO)c4ccccc4)cc3)c2n1. The fraction of sp³-hybridized carbons (Fsp3) is 0.200. The van der Waals surface area contributed by atoms with E-state index in [1.807, 2.05) is 49.4 Å². The predicted octanol–water partition coefficient (Wildman–Crippen LogP) is 5.25. The molecule has 35 heavy (non-hydrogen) atoms. The Balaban J connectivity index is 1.35. The number of para-hydroxylation sites is 1. The van der Waals surface area contributed by atoms with Crippen LogP contribution in [0.2, 0.25) is 0 Å². The predicted molar refractivity (Wildman–Crippen MR) is 140 cm³/mol. The van der Waals surface area contributed by atoms with Crippen molar-refractivity contribution in [1.82, 2.24) is 14.9 Å². The van der Waals surface area contributed by atoms with Gasteiger partial charge in [-0.05, 0) is 48.2 Å². The minimum Gasteiger partial charge on any atom is -0.394 e. The Hall–Kier alpha value is -3.96. The van der Waals surface area contributed by atoms with Crippen molar-refractivity contribution >= 4 is 27.8 Å². The van der Waals surface area contributed by atoms with Crippen molar-refractivity contribution in [3.8, 4) is 0 Å². The second kappa shape index (κ2) is 9.72. The van der Waals surface area contributed by atoms with Crippen molar-refractivity contribution in [2.75, 3.05) is 6.61 Å². The zero-order valence-corrected chi connectivity index (χ0v) is 20.0. The highest BCUT2D eigenvalue weighted by Crippen LogP contribution is 2.31. The molecule has 0 bridgehead atoms. The molecule has 0 saturated carbocycles. The van der Waals surface area contributed by atoms with Gasteiger partial charge in [0, 0.05) is 23.0 Å². The summed E-state index contributed by atoms with van der Waals surface area (Å²) < 4.78 is 2.28. The maximum absolute atomic E-state index is 12.6. The van der Waals surface area contributed by atoms with Crippen LogP contribution in [0.4, 0.5) is 0 Å². The van der Waals surface area contributed by atoms with E-state index in [0.717, 1.165) is 28.0 Å². The molecule has 1 unspecified atom stereocenters. The number of carbonyl (C=O) groups is 1. The van der Waals surface area contributed by atoms with Crippen LogP contribution in [0.25, 0.3) is 21.9 Å². The van der Waals surface area contributed by atoms with E-state index in [9.17, 15) is 9.90 Å². The molecule has 2 heterocycles. The number of pyridine rings is 1. The minimum absolute atomic E-state index is 0.113. The lowest BCUT2D eigenvalue weighted by Gasteiger charge is -2.17. The molecule has 5 nitrogen and oxygen atoms in total. The van der Waals surface area contributed by atoms with E-state index in [0.29, 0.717) is 6.54 Å². The number of nitrogens with one attached hydrogen (secondary N) is 1. The monoisotopic (exact) mass is 463 g/mol. The third-order valence-electron chi connectivity index (χ3n) is 6.49. The lowest BCUT2D eigenvalue weighted by atomic mass is 10.1. The zero-order valence-electron chi connectivity index (χ0n) is 20.0. The third-order valence-corrected chi connectivity index (χ3v) is 6.49. The average Bonchev–Trinajstić information content (AvgIpc) is 3.17. The smallest absolute Gasteiger partial charge is 0.224 e. The topological polar surface area (TPSA) is 67.2 Å². The maximum Gasteiger partial charge on any atom is 0.224 e. The number of hydrogen-bond acceptors (Lipinski definition) is 3. The molecular weight excluding hydrogens is 434 g/mol. The number of rotatable bonds is 7. The van der Waals surface area contributed by atoms with Gasteiger partial charge in [0.2, 0.25) is 5.91 Å². The molecule has 176 valence electrons. The molecule has 5 heteroatoms. The Morgan fingerprint density at radius 3 is 2.37 bits per heavy atom. The quantitative estimate of drug-likeness (QED) is 0.347. The van der Waals surface area contributed by atoms with Gasteiger partial charge in [-0.15, -0.1) is 0 Å². The van der Waals surface area contributed by atoms with Crippen LogP contribution >= 0.6 is 0 Å². The number of aliphatic hydroxyl groups is 1. The average molecular weight is 464 g/mol. The molecule has 0 spiro atoms. The van der Waals surface area contributed by atoms with Gasteiger partial charge in [0.1, 0.15) is 5.65 Å². The first-order chi connectivity index (χ1) is 17.0. The third kappa shape index (κ3) is 4.68. The van der Waals surface area contributed by atoms with E-state index in [1.165, 1.54) is 21.9 Å². The molecule has 0 aliphatic rings. The van der Waals surface area contributed by atoms with E-state index in [2.05, 4.69) is 59.3 Å². The maximum atomic E-state index is 12.6. The lowest BCUT2D eigenvalue weighted by Crippen LogP contribution is -2.31. The van der Waals surface area contributed by atoms with Crippen LogP contribution in [-0.4, -0.2) is 27.2 Å². The van der Waals surface area contributed by atoms with Crippen LogP contribution in [-0.2, 0) is 17.8 Å². The fourth-order valence-corrected chi connectivity index (χ4v) is 4.84. The Bertz CT molecular complexity index is 1490. The van der Waals surface area contributed by atoms with E-state index in [1.54, 1.807) is 0 Å². The van der Waals surface area contributed by atoms with Gasteiger partial charge in [-0.3, -0.25) is 4.79 Å². The highest BCUT2D eigenvalue weighted by molar-refractivity contribution is 6.08. The number of fused-ring (bicyclic) bond motifs is 3. The van der Waals surface area contributed by atoms with Crippen molar-refractivity contribution in [3.05, 3.63) is 113 Å². The summed E-state index contributed by atoms with van der Waals surface area (Å²) in [4.78, 5) is 17.5. The summed E-state index contributed by atoms with van der Waals surface area (Å²) >= 11 is 0. The highest BCUT2D eigenvalue weighted by Gasteiger charge is 2.16. The van der Waals surface area contributed by atoms with Crippen LogP contribution in [0.5, 0.6) is 0 Å². The fourth-order valence-electron chi connectivity index (χ4n) is 4.84. The molecule has 0 fully saturated rings. The standard InChI is InChI=1S/C30H29N3O2/c1-20-16-21(2)31-30-29(20)25-10-6-7-11-27(25)33(30)18-23-14-12-22(13-15-23)17-28(35)32-26(19-34)24-8-4-3-5-9-24/h3-16,26,34H,17-19H2,1-2H3,(H,32,35). The molecular formula is C30H29N3O2. The van der Waals surface area contributed by atoms with Crippen molar-refractivity contribution < 1.29 is 9.90 Å². The van der Waals surface area contributed by atoms with Crippen molar-refractivity contribution in [3.63, 3.8) is 0 Å². The number of benzene rings is 3. The van der Waals surface area contributed by atoms with Crippen LogP contribution in [0.15, 0.2) is 84.9 Å². The molecule has 1 amide bonds. The summed E-state index contributed by atoms with van der Waals surface area (Å²) in [6, 6.07) is 27.9. The molecule has 5 aromatic rings. The number of aliphatic hydroxyl groups excluding tert-OH is 1. The first-order valence-corrected chi connectivity index (χ1v) is 11.9. The van der Waals surface area contributed by atoms with Gasteiger partial charge in [-0.1, -0.05) is 72.8 Å². The number of nitrogens with zero attached hydrogens (tertiary/aromatic N) is 2. The molecule has 0 aliphatic heterocycles. The Morgan fingerprint density at radius 2 is 1.63 bits per heavy atom. The second-order valence-electron chi connectivity index (χ2n) is 9.09. The lowest BCUT2D eigenvalue weighted by molar-refractivity contribution is -0.121. The van der Waals surface area contributed by atoms with Crippen LogP contribution < -0.4 is 5.32 Å². The van der Waals surface area contributed by atoms with E-state index < -0.39 is 6.04 Å². The molecule has 5 rings (SSSR count). The normalized spacial score (nSPS) is 12.2. The van der Waals surface area contributed by atoms with E-state index >= 15 is 0 Å². The van der Waals surface area contributed by atoms with Gasteiger partial charge in [-0.25, -0.2) is 4.98 Å². The van der Waals surface area contributed by atoms with Gasteiger partial charge < -0.3 is 15.0 Å². The molecule has 3 aromatic carbocycles. The summed E-state index contributed by atoms with van der Waals surface area (Å²) in [6.07, 6.45) is 0.263. The van der Waals surface area contributed by atoms with E-state index in [4.69, 9.17) is 4.98 Å². The number of aryl methyl sites for hydroxylation is 2. The number of aromatic nitrogens is 2. The van der Waals surface area contributed by atoms with Gasteiger partial charge in [-0.2, -0.15) is 0 Å². The van der Waals surface area contributed by atoms with E-state index in [-0.39, 0.29) is 18.9 Å².